The van der Waals surface area contributed by atoms with E-state index >= 15 is 0 Å². The predicted molar refractivity (Wildman–Crippen MR) is 91.0 cm³/mol. The highest BCUT2D eigenvalue weighted by Gasteiger charge is 2.29. The Morgan fingerprint density at radius 1 is 1.04 bits per heavy atom. The van der Waals surface area contributed by atoms with Crippen molar-refractivity contribution in [1.29, 1.82) is 0 Å². The third-order valence-electron chi connectivity index (χ3n) is 4.04. The zero-order chi connectivity index (χ0) is 16.9. The number of hydrogen-bond donors (Lipinski definition) is 0. The van der Waals surface area contributed by atoms with Crippen LogP contribution in [0.5, 0.6) is 11.5 Å². The molecule has 0 N–H and O–H groups in total. The molecular weight excluding hydrogens is 292 g/mol. The van der Waals surface area contributed by atoms with Crippen LogP contribution in [-0.2, 0) is 4.79 Å². The van der Waals surface area contributed by atoms with Gasteiger partial charge in [0.25, 0.3) is 0 Å². The highest BCUT2D eigenvalue weighted by Crippen LogP contribution is 2.19. The van der Waals surface area contributed by atoms with E-state index in [0.29, 0.717) is 6.61 Å². The Labute approximate surface area is 139 Å². The summed E-state index contributed by atoms with van der Waals surface area (Å²) in [5, 5.41) is 0. The highest BCUT2D eigenvalue weighted by molar-refractivity contribution is 5.81. The van der Waals surface area contributed by atoms with Gasteiger partial charge in [-0.05, 0) is 24.3 Å². The van der Waals surface area contributed by atoms with Crippen LogP contribution >= 0.6 is 0 Å². The van der Waals surface area contributed by atoms with E-state index in [4.69, 9.17) is 9.47 Å². The normalized spacial score (nSPS) is 16.3. The van der Waals surface area contributed by atoms with Gasteiger partial charge in [-0.1, -0.05) is 20.8 Å². The molecule has 1 aliphatic rings. The van der Waals surface area contributed by atoms with Crippen LogP contribution in [0.3, 0.4) is 0 Å². The maximum absolute atomic E-state index is 12.3. The van der Waals surface area contributed by atoms with Crippen molar-refractivity contribution in [3.63, 3.8) is 0 Å². The Balaban J connectivity index is 1.69. The average Bonchev–Trinajstić information content (AvgIpc) is 2.54. The second kappa shape index (κ2) is 7.68. The van der Waals surface area contributed by atoms with E-state index in [-0.39, 0.29) is 11.3 Å². The van der Waals surface area contributed by atoms with E-state index in [1.165, 1.54) is 0 Å². The molecule has 0 aromatic heterocycles. The quantitative estimate of drug-likeness (QED) is 0.834. The average molecular weight is 320 g/mol. The van der Waals surface area contributed by atoms with Crippen LogP contribution in [0, 0.1) is 5.41 Å². The molecule has 5 heteroatoms. The summed E-state index contributed by atoms with van der Waals surface area (Å²) < 4.78 is 10.9. The lowest BCUT2D eigenvalue weighted by Gasteiger charge is -2.37. The molecule has 1 amide bonds. The molecule has 0 atom stereocenters. The van der Waals surface area contributed by atoms with Crippen LogP contribution in [-0.4, -0.2) is 62.1 Å². The number of carbonyl (C=O) groups is 1. The van der Waals surface area contributed by atoms with E-state index in [1.54, 1.807) is 7.11 Å². The number of amides is 1. The Morgan fingerprint density at radius 3 is 2.13 bits per heavy atom. The second-order valence-corrected chi connectivity index (χ2v) is 6.91. The van der Waals surface area contributed by atoms with Gasteiger partial charge in [-0.15, -0.1) is 0 Å². The van der Waals surface area contributed by atoms with Gasteiger partial charge in [0.2, 0.25) is 5.91 Å². The number of rotatable bonds is 5. The molecule has 2 rings (SSSR count). The summed E-state index contributed by atoms with van der Waals surface area (Å²) in [6.07, 6.45) is 0. The van der Waals surface area contributed by atoms with Crippen molar-refractivity contribution in [3.05, 3.63) is 24.3 Å². The van der Waals surface area contributed by atoms with Crippen molar-refractivity contribution in [2.24, 2.45) is 5.41 Å². The molecule has 128 valence electrons. The lowest BCUT2D eigenvalue weighted by molar-refractivity contribution is -0.141. The maximum atomic E-state index is 12.3. The van der Waals surface area contributed by atoms with Crippen LogP contribution in [0.15, 0.2) is 24.3 Å². The first-order valence-corrected chi connectivity index (χ1v) is 8.19. The molecule has 0 unspecified atom stereocenters. The van der Waals surface area contributed by atoms with E-state index < -0.39 is 0 Å². The summed E-state index contributed by atoms with van der Waals surface area (Å²) in [5.41, 5.74) is -0.292. The lowest BCUT2D eigenvalue weighted by Crippen LogP contribution is -2.52. The maximum Gasteiger partial charge on any atom is 0.228 e. The zero-order valence-corrected chi connectivity index (χ0v) is 14.7. The van der Waals surface area contributed by atoms with Gasteiger partial charge in [-0.3, -0.25) is 9.69 Å². The molecule has 1 aliphatic heterocycles. The number of nitrogens with zero attached hydrogens (tertiary/aromatic N) is 2. The number of benzene rings is 1. The number of carbonyl (C=O) groups excluding carboxylic acids is 1. The number of methoxy groups -OCH3 is 1. The summed E-state index contributed by atoms with van der Waals surface area (Å²) >= 11 is 0. The number of piperazine rings is 1. The van der Waals surface area contributed by atoms with Gasteiger partial charge in [0.05, 0.1) is 7.11 Å². The van der Waals surface area contributed by atoms with Crippen LogP contribution < -0.4 is 9.47 Å². The van der Waals surface area contributed by atoms with Crippen LogP contribution in [0.2, 0.25) is 0 Å². The smallest absolute Gasteiger partial charge is 0.228 e. The van der Waals surface area contributed by atoms with Gasteiger partial charge in [-0.2, -0.15) is 0 Å². The van der Waals surface area contributed by atoms with Gasteiger partial charge in [0, 0.05) is 38.1 Å². The number of hydrogen-bond acceptors (Lipinski definition) is 4. The van der Waals surface area contributed by atoms with Crippen LogP contribution in [0.1, 0.15) is 20.8 Å². The molecule has 0 bridgehead atoms. The Bertz CT molecular complexity index is 500. The first-order chi connectivity index (χ1) is 10.9. The molecule has 23 heavy (non-hydrogen) atoms. The summed E-state index contributed by atoms with van der Waals surface area (Å²) in [6, 6.07) is 7.62. The molecule has 1 fully saturated rings. The molecule has 0 spiro atoms. The van der Waals surface area contributed by atoms with Crippen LogP contribution in [0.25, 0.3) is 0 Å². The second-order valence-electron chi connectivity index (χ2n) is 6.91. The Morgan fingerprint density at radius 2 is 1.61 bits per heavy atom. The van der Waals surface area contributed by atoms with E-state index in [9.17, 15) is 4.79 Å². The fraction of sp³-hybridized carbons (Fsp3) is 0.611. The minimum atomic E-state index is -0.292. The fourth-order valence-corrected chi connectivity index (χ4v) is 2.61. The van der Waals surface area contributed by atoms with E-state index in [2.05, 4.69) is 4.90 Å². The van der Waals surface area contributed by atoms with Gasteiger partial charge >= 0.3 is 0 Å². The molecule has 0 aliphatic carbocycles. The predicted octanol–water partition coefficient (Wildman–Crippen LogP) is 2.26. The SMILES string of the molecule is COc1ccc(OCCN2CCN(C(=O)C(C)(C)C)CC2)cc1. The largest absolute Gasteiger partial charge is 0.497 e. The molecular formula is C18H28N2O3. The van der Waals surface area contributed by atoms with Gasteiger partial charge in [0.1, 0.15) is 18.1 Å². The summed E-state index contributed by atoms with van der Waals surface area (Å²) in [4.78, 5) is 16.6. The minimum absolute atomic E-state index is 0.242. The van der Waals surface area contributed by atoms with Crippen molar-refractivity contribution in [3.8, 4) is 11.5 Å². The first-order valence-electron chi connectivity index (χ1n) is 8.19. The van der Waals surface area contributed by atoms with Crippen LogP contribution in [0.4, 0.5) is 0 Å². The van der Waals surface area contributed by atoms with Crippen molar-refractivity contribution >= 4 is 5.91 Å². The molecule has 0 saturated carbocycles. The molecule has 5 nitrogen and oxygen atoms in total. The molecule has 1 saturated heterocycles. The molecule has 0 radical (unpaired) electrons. The molecule has 1 aromatic rings. The first kappa shape index (κ1) is 17.6. The lowest BCUT2D eigenvalue weighted by atomic mass is 9.94. The van der Waals surface area contributed by atoms with Crippen molar-refractivity contribution < 1.29 is 14.3 Å². The topological polar surface area (TPSA) is 42.0 Å². The summed E-state index contributed by atoms with van der Waals surface area (Å²) in [7, 11) is 1.65. The molecule has 1 heterocycles. The van der Waals surface area contributed by atoms with Crippen molar-refractivity contribution in [1.82, 2.24) is 9.80 Å². The Kier molecular flexibility index (Phi) is 5.88. The van der Waals surface area contributed by atoms with Gasteiger partial charge in [0.15, 0.2) is 0 Å². The standard InChI is InChI=1S/C18H28N2O3/c1-18(2,3)17(21)20-11-9-19(10-12-20)13-14-23-16-7-5-15(22-4)6-8-16/h5-8H,9-14H2,1-4H3. The summed E-state index contributed by atoms with van der Waals surface area (Å²) in [5.74, 6) is 1.93. The highest BCUT2D eigenvalue weighted by atomic mass is 16.5. The van der Waals surface area contributed by atoms with Crippen molar-refractivity contribution in [2.75, 3.05) is 46.4 Å². The monoisotopic (exact) mass is 320 g/mol. The van der Waals surface area contributed by atoms with E-state index in [1.807, 2.05) is 49.9 Å². The third kappa shape index (κ3) is 5.13. The van der Waals surface area contributed by atoms with Gasteiger partial charge < -0.3 is 14.4 Å². The van der Waals surface area contributed by atoms with Gasteiger partial charge in [-0.25, -0.2) is 0 Å². The number of ether oxygens (including phenoxy) is 2. The summed E-state index contributed by atoms with van der Waals surface area (Å²) in [6.45, 7) is 10.9. The third-order valence-corrected chi connectivity index (χ3v) is 4.04. The zero-order valence-electron chi connectivity index (χ0n) is 14.7. The minimum Gasteiger partial charge on any atom is -0.497 e. The fourth-order valence-electron chi connectivity index (χ4n) is 2.61. The molecule has 1 aromatic carbocycles. The van der Waals surface area contributed by atoms with Crippen molar-refractivity contribution in [2.45, 2.75) is 20.8 Å². The van der Waals surface area contributed by atoms with E-state index in [0.717, 1.165) is 44.2 Å². The Hall–Kier alpha value is -1.75.